The van der Waals surface area contributed by atoms with E-state index in [9.17, 15) is 4.79 Å². The van der Waals surface area contributed by atoms with E-state index in [1.807, 2.05) is 18.2 Å². The van der Waals surface area contributed by atoms with Crippen LogP contribution in [0.4, 0.5) is 0 Å². The summed E-state index contributed by atoms with van der Waals surface area (Å²) < 4.78 is 10.4. The van der Waals surface area contributed by atoms with E-state index >= 15 is 0 Å². The van der Waals surface area contributed by atoms with Crippen LogP contribution in [0, 0.1) is 20.8 Å². The van der Waals surface area contributed by atoms with E-state index < -0.39 is 0 Å². The monoisotopic (exact) mass is 327 g/mol. The Morgan fingerprint density at radius 3 is 2.62 bits per heavy atom. The fourth-order valence-corrected chi connectivity index (χ4v) is 2.49. The maximum Gasteiger partial charge on any atom is 0.247 e. The molecule has 1 aromatic carbocycles. The molecule has 0 radical (unpaired) electrons. The molecular formula is C20H25NO3. The van der Waals surface area contributed by atoms with Gasteiger partial charge in [0.1, 0.15) is 5.76 Å². The van der Waals surface area contributed by atoms with Crippen LogP contribution in [0.5, 0.6) is 0 Å². The first kappa shape index (κ1) is 18.0. The van der Waals surface area contributed by atoms with Gasteiger partial charge < -0.3 is 14.1 Å². The lowest BCUT2D eigenvalue weighted by Gasteiger charge is -2.19. The van der Waals surface area contributed by atoms with E-state index in [1.165, 1.54) is 11.1 Å². The van der Waals surface area contributed by atoms with Gasteiger partial charge in [-0.1, -0.05) is 12.1 Å². The number of carbonyl (C=O) groups is 1. The van der Waals surface area contributed by atoms with Gasteiger partial charge in [-0.2, -0.15) is 0 Å². The number of carbonyl (C=O) groups excluding carboxylic acids is 1. The third-order valence-corrected chi connectivity index (χ3v) is 4.09. The summed E-state index contributed by atoms with van der Waals surface area (Å²) in [7, 11) is 1.63. The first-order valence-electron chi connectivity index (χ1n) is 8.07. The van der Waals surface area contributed by atoms with E-state index in [-0.39, 0.29) is 5.91 Å². The minimum absolute atomic E-state index is 0.0546. The molecule has 0 saturated heterocycles. The molecule has 0 unspecified atom stereocenters. The van der Waals surface area contributed by atoms with Gasteiger partial charge in [-0.3, -0.25) is 4.79 Å². The molecule has 0 bridgehead atoms. The van der Waals surface area contributed by atoms with Gasteiger partial charge in [0.05, 0.1) is 19.4 Å². The van der Waals surface area contributed by atoms with Crippen LogP contribution in [-0.4, -0.2) is 31.1 Å². The molecule has 4 nitrogen and oxygen atoms in total. The Morgan fingerprint density at radius 2 is 1.96 bits per heavy atom. The number of hydrogen-bond donors (Lipinski definition) is 0. The maximum absolute atomic E-state index is 12.6. The summed E-state index contributed by atoms with van der Waals surface area (Å²) in [6.07, 6.45) is 5.12. The number of methoxy groups -OCH3 is 1. The summed E-state index contributed by atoms with van der Waals surface area (Å²) >= 11 is 0. The molecule has 0 atom stereocenters. The summed E-state index contributed by atoms with van der Waals surface area (Å²) in [5.41, 5.74) is 4.71. The van der Waals surface area contributed by atoms with Gasteiger partial charge in [-0.05, 0) is 61.2 Å². The summed E-state index contributed by atoms with van der Waals surface area (Å²) in [5.74, 6) is 0.705. The number of ether oxygens (including phenoxy) is 1. The van der Waals surface area contributed by atoms with Crippen LogP contribution in [0.25, 0.3) is 6.08 Å². The van der Waals surface area contributed by atoms with Crippen molar-refractivity contribution in [3.63, 3.8) is 0 Å². The lowest BCUT2D eigenvalue weighted by molar-refractivity contribution is -0.127. The molecule has 0 aliphatic carbocycles. The van der Waals surface area contributed by atoms with Gasteiger partial charge in [0, 0.05) is 19.7 Å². The highest BCUT2D eigenvalue weighted by Gasteiger charge is 2.12. The van der Waals surface area contributed by atoms with Crippen molar-refractivity contribution in [3.05, 3.63) is 64.6 Å². The molecule has 1 heterocycles. The van der Waals surface area contributed by atoms with Crippen molar-refractivity contribution in [3.8, 4) is 0 Å². The number of hydrogen-bond acceptors (Lipinski definition) is 3. The van der Waals surface area contributed by atoms with Crippen molar-refractivity contribution in [1.82, 2.24) is 4.90 Å². The molecule has 0 fully saturated rings. The fourth-order valence-electron chi connectivity index (χ4n) is 2.49. The molecule has 1 aromatic heterocycles. The van der Waals surface area contributed by atoms with Crippen molar-refractivity contribution < 1.29 is 13.9 Å². The highest BCUT2D eigenvalue weighted by atomic mass is 16.5. The van der Waals surface area contributed by atoms with Crippen molar-refractivity contribution in [1.29, 1.82) is 0 Å². The summed E-state index contributed by atoms with van der Waals surface area (Å²) in [6, 6.07) is 7.94. The molecule has 2 rings (SSSR count). The lowest BCUT2D eigenvalue weighted by atomic mass is 10.0. The second-order valence-corrected chi connectivity index (χ2v) is 5.96. The normalized spacial score (nSPS) is 11.2. The number of rotatable bonds is 7. The van der Waals surface area contributed by atoms with E-state index in [2.05, 4.69) is 32.9 Å². The highest BCUT2D eigenvalue weighted by molar-refractivity contribution is 5.92. The third kappa shape index (κ3) is 4.83. The third-order valence-electron chi connectivity index (χ3n) is 4.09. The van der Waals surface area contributed by atoms with Gasteiger partial charge in [-0.25, -0.2) is 0 Å². The molecule has 2 aromatic rings. The summed E-state index contributed by atoms with van der Waals surface area (Å²) in [5, 5.41) is 0. The highest BCUT2D eigenvalue weighted by Crippen LogP contribution is 2.17. The van der Waals surface area contributed by atoms with E-state index in [4.69, 9.17) is 9.15 Å². The average molecular weight is 327 g/mol. The molecule has 4 heteroatoms. The second-order valence-electron chi connectivity index (χ2n) is 5.96. The van der Waals surface area contributed by atoms with Crippen LogP contribution >= 0.6 is 0 Å². The molecule has 0 saturated carbocycles. The van der Waals surface area contributed by atoms with E-state index in [0.717, 1.165) is 16.9 Å². The van der Waals surface area contributed by atoms with Gasteiger partial charge in [0.2, 0.25) is 5.91 Å². The molecule has 1 amide bonds. The molecule has 24 heavy (non-hydrogen) atoms. The quantitative estimate of drug-likeness (QED) is 0.725. The molecule has 0 aliphatic rings. The SMILES string of the molecule is COCCN(Cc1ccco1)C(=O)C=Cc1cc(C)c(C)cc1C. The number of benzene rings is 1. The number of amides is 1. The lowest BCUT2D eigenvalue weighted by Crippen LogP contribution is -2.31. The second kappa shape index (κ2) is 8.50. The zero-order valence-electron chi connectivity index (χ0n) is 14.8. The van der Waals surface area contributed by atoms with Crippen molar-refractivity contribution in [2.24, 2.45) is 0 Å². The minimum atomic E-state index is -0.0546. The Balaban J connectivity index is 2.12. The number of furan rings is 1. The van der Waals surface area contributed by atoms with Crippen LogP contribution in [0.1, 0.15) is 28.0 Å². The Hall–Kier alpha value is -2.33. The van der Waals surface area contributed by atoms with Crippen LogP contribution in [0.15, 0.2) is 41.0 Å². The van der Waals surface area contributed by atoms with Crippen LogP contribution < -0.4 is 0 Å². The summed E-state index contributed by atoms with van der Waals surface area (Å²) in [6.45, 7) is 7.68. The fraction of sp³-hybridized carbons (Fsp3) is 0.350. The van der Waals surface area contributed by atoms with Gasteiger partial charge in [0.25, 0.3) is 0 Å². The van der Waals surface area contributed by atoms with E-state index in [0.29, 0.717) is 19.7 Å². The zero-order chi connectivity index (χ0) is 17.5. The largest absolute Gasteiger partial charge is 0.467 e. The minimum Gasteiger partial charge on any atom is -0.467 e. The van der Waals surface area contributed by atoms with Crippen molar-refractivity contribution in [2.45, 2.75) is 27.3 Å². The molecule has 0 spiro atoms. The van der Waals surface area contributed by atoms with Gasteiger partial charge >= 0.3 is 0 Å². The average Bonchev–Trinajstić information content (AvgIpc) is 3.06. The van der Waals surface area contributed by atoms with Crippen molar-refractivity contribution in [2.75, 3.05) is 20.3 Å². The number of aryl methyl sites for hydroxylation is 3. The zero-order valence-corrected chi connectivity index (χ0v) is 14.8. The summed E-state index contributed by atoms with van der Waals surface area (Å²) in [4.78, 5) is 14.3. The Labute approximate surface area is 143 Å². The predicted molar refractivity (Wildman–Crippen MR) is 95.7 cm³/mol. The van der Waals surface area contributed by atoms with Crippen molar-refractivity contribution >= 4 is 12.0 Å². The molecule has 0 aliphatic heterocycles. The Kier molecular flexibility index (Phi) is 6.38. The molecular weight excluding hydrogens is 302 g/mol. The van der Waals surface area contributed by atoms with Gasteiger partial charge in [-0.15, -0.1) is 0 Å². The van der Waals surface area contributed by atoms with Gasteiger partial charge in [0.15, 0.2) is 0 Å². The Morgan fingerprint density at radius 1 is 1.21 bits per heavy atom. The predicted octanol–water partition coefficient (Wildman–Crippen LogP) is 3.89. The smallest absolute Gasteiger partial charge is 0.247 e. The van der Waals surface area contributed by atoms with Crippen LogP contribution in [-0.2, 0) is 16.1 Å². The molecule has 128 valence electrons. The van der Waals surface area contributed by atoms with Crippen LogP contribution in [0.3, 0.4) is 0 Å². The maximum atomic E-state index is 12.6. The van der Waals surface area contributed by atoms with E-state index in [1.54, 1.807) is 24.3 Å². The Bertz CT molecular complexity index is 702. The number of nitrogens with zero attached hydrogens (tertiary/aromatic N) is 1. The topological polar surface area (TPSA) is 42.7 Å². The standard InChI is InChI=1S/C20H25NO3/c1-15-12-17(3)18(13-16(15)2)7-8-20(22)21(9-11-23-4)14-19-6-5-10-24-19/h5-8,10,12-13H,9,11,14H2,1-4H3. The molecule has 0 N–H and O–H groups in total. The first-order valence-corrected chi connectivity index (χ1v) is 8.07. The van der Waals surface area contributed by atoms with Crippen LogP contribution in [0.2, 0.25) is 0 Å². The first-order chi connectivity index (χ1) is 11.5.